The molecule has 21 heavy (non-hydrogen) atoms. The van der Waals surface area contributed by atoms with Gasteiger partial charge in [0.2, 0.25) is 0 Å². The Hall–Kier alpha value is -0.0400. The van der Waals surface area contributed by atoms with E-state index in [1.807, 2.05) is 11.8 Å². The largest absolute Gasteiger partial charge is 0.469 e. The van der Waals surface area contributed by atoms with Crippen LogP contribution >= 0.6 is 39.0 Å². The molecule has 2 N–H and O–H groups in total. The van der Waals surface area contributed by atoms with Gasteiger partial charge in [0.1, 0.15) is 0 Å². The van der Waals surface area contributed by atoms with Gasteiger partial charge >= 0.3 is 5.97 Å². The Bertz CT molecular complexity index is 488. The van der Waals surface area contributed by atoms with E-state index in [-0.39, 0.29) is 17.4 Å². The third-order valence-electron chi connectivity index (χ3n) is 4.00. The SMILES string of the molecule is CCC(N)C(SCC1(CC(=O)OC)CC1)c1cc(Br)cs1. The first-order valence-corrected chi connectivity index (χ1v) is 9.90. The van der Waals surface area contributed by atoms with Crippen LogP contribution in [0.5, 0.6) is 0 Å². The molecular formula is C15H22BrNO2S2. The zero-order chi connectivity index (χ0) is 15.5. The first-order chi connectivity index (χ1) is 9.99. The highest BCUT2D eigenvalue weighted by Crippen LogP contribution is 2.53. The number of carbonyl (C=O) groups excluding carboxylic acids is 1. The van der Waals surface area contributed by atoms with Gasteiger partial charge in [-0.1, -0.05) is 6.92 Å². The Balaban J connectivity index is 1.98. The average molecular weight is 392 g/mol. The lowest BCUT2D eigenvalue weighted by atomic mass is 10.1. The Labute approximate surface area is 143 Å². The summed E-state index contributed by atoms with van der Waals surface area (Å²) in [4.78, 5) is 12.8. The highest BCUT2D eigenvalue weighted by atomic mass is 79.9. The number of nitrogens with two attached hydrogens (primary N) is 1. The Morgan fingerprint density at radius 1 is 1.62 bits per heavy atom. The van der Waals surface area contributed by atoms with E-state index in [0.29, 0.717) is 11.7 Å². The van der Waals surface area contributed by atoms with Gasteiger partial charge in [-0.3, -0.25) is 4.79 Å². The number of hydrogen-bond donors (Lipinski definition) is 1. The van der Waals surface area contributed by atoms with Crippen LogP contribution in [0.1, 0.15) is 42.7 Å². The summed E-state index contributed by atoms with van der Waals surface area (Å²) in [7, 11) is 1.46. The molecule has 0 bridgehead atoms. The van der Waals surface area contributed by atoms with Crippen LogP contribution in [0.25, 0.3) is 0 Å². The second-order valence-electron chi connectivity index (χ2n) is 5.72. The Kier molecular flexibility index (Phi) is 6.17. The lowest BCUT2D eigenvalue weighted by Crippen LogP contribution is -2.26. The third kappa shape index (κ3) is 4.71. The van der Waals surface area contributed by atoms with E-state index >= 15 is 0 Å². The molecule has 1 aromatic rings. The van der Waals surface area contributed by atoms with Gasteiger partial charge in [0.05, 0.1) is 18.8 Å². The number of hydrogen-bond acceptors (Lipinski definition) is 5. The number of ether oxygens (including phenoxy) is 1. The van der Waals surface area contributed by atoms with Crippen LogP contribution in [-0.4, -0.2) is 24.9 Å². The molecule has 6 heteroatoms. The van der Waals surface area contributed by atoms with Crippen LogP contribution in [0, 0.1) is 5.41 Å². The summed E-state index contributed by atoms with van der Waals surface area (Å²) in [5, 5.41) is 2.41. The molecule has 1 fully saturated rings. The maximum atomic E-state index is 11.5. The molecule has 0 radical (unpaired) electrons. The van der Waals surface area contributed by atoms with Crippen LogP contribution in [0.3, 0.4) is 0 Å². The van der Waals surface area contributed by atoms with E-state index in [0.717, 1.165) is 29.5 Å². The van der Waals surface area contributed by atoms with E-state index in [9.17, 15) is 4.79 Å². The maximum absolute atomic E-state index is 11.5. The van der Waals surface area contributed by atoms with Crippen molar-refractivity contribution >= 4 is 45.0 Å². The molecule has 3 nitrogen and oxygen atoms in total. The highest BCUT2D eigenvalue weighted by molar-refractivity contribution is 9.10. The van der Waals surface area contributed by atoms with Crippen molar-refractivity contribution < 1.29 is 9.53 Å². The number of methoxy groups -OCH3 is 1. The number of thiophene rings is 1. The average Bonchev–Trinajstić information content (AvgIpc) is 3.10. The normalized spacial score (nSPS) is 19.0. The second kappa shape index (κ2) is 7.49. The predicted octanol–water partition coefficient (Wildman–Crippen LogP) is 4.37. The lowest BCUT2D eigenvalue weighted by Gasteiger charge is -2.24. The van der Waals surface area contributed by atoms with Gasteiger partial charge in [-0.25, -0.2) is 0 Å². The number of carbonyl (C=O) groups is 1. The van der Waals surface area contributed by atoms with Gasteiger partial charge in [-0.15, -0.1) is 11.3 Å². The maximum Gasteiger partial charge on any atom is 0.306 e. The first-order valence-electron chi connectivity index (χ1n) is 7.17. The monoisotopic (exact) mass is 391 g/mol. The zero-order valence-electron chi connectivity index (χ0n) is 12.4. The van der Waals surface area contributed by atoms with Crippen molar-refractivity contribution in [1.29, 1.82) is 0 Å². The molecule has 118 valence electrons. The molecule has 1 aliphatic carbocycles. The Morgan fingerprint density at radius 2 is 2.33 bits per heavy atom. The lowest BCUT2D eigenvalue weighted by molar-refractivity contribution is -0.141. The van der Waals surface area contributed by atoms with Crippen LogP contribution in [-0.2, 0) is 9.53 Å². The van der Waals surface area contributed by atoms with Gasteiger partial charge in [0, 0.05) is 26.5 Å². The van der Waals surface area contributed by atoms with E-state index in [1.54, 1.807) is 11.3 Å². The van der Waals surface area contributed by atoms with Gasteiger partial charge < -0.3 is 10.5 Å². The molecule has 2 atom stereocenters. The third-order valence-corrected chi connectivity index (χ3v) is 7.67. The molecule has 1 saturated carbocycles. The standard InChI is InChI=1S/C15H22BrNO2S2/c1-3-11(17)14(12-6-10(16)8-20-12)21-9-15(4-5-15)7-13(18)19-2/h6,8,11,14H,3-5,7,9,17H2,1-2H3. The van der Waals surface area contributed by atoms with Crippen molar-refractivity contribution in [2.45, 2.75) is 43.9 Å². The molecule has 0 saturated heterocycles. The van der Waals surface area contributed by atoms with Crippen molar-refractivity contribution in [3.8, 4) is 0 Å². The molecule has 2 rings (SSSR count). The van der Waals surface area contributed by atoms with Crippen molar-refractivity contribution in [2.24, 2.45) is 11.1 Å². The van der Waals surface area contributed by atoms with Crippen molar-refractivity contribution in [3.63, 3.8) is 0 Å². The topological polar surface area (TPSA) is 52.3 Å². The number of esters is 1. The van der Waals surface area contributed by atoms with Gasteiger partial charge in [-0.2, -0.15) is 11.8 Å². The van der Waals surface area contributed by atoms with Gasteiger partial charge in [-0.05, 0) is 46.7 Å². The number of rotatable bonds is 8. The Morgan fingerprint density at radius 3 is 2.81 bits per heavy atom. The fraction of sp³-hybridized carbons (Fsp3) is 0.667. The number of thioether (sulfide) groups is 1. The van der Waals surface area contributed by atoms with E-state index in [4.69, 9.17) is 10.5 Å². The highest BCUT2D eigenvalue weighted by Gasteiger charge is 2.45. The number of halogens is 1. The molecule has 1 heterocycles. The van der Waals surface area contributed by atoms with Gasteiger partial charge in [0.25, 0.3) is 0 Å². The minimum atomic E-state index is -0.0942. The molecule has 2 unspecified atom stereocenters. The molecular weight excluding hydrogens is 370 g/mol. The first kappa shape index (κ1) is 17.3. The predicted molar refractivity (Wildman–Crippen MR) is 93.8 cm³/mol. The van der Waals surface area contributed by atoms with Gasteiger partial charge in [0.15, 0.2) is 0 Å². The van der Waals surface area contributed by atoms with Crippen LogP contribution in [0.2, 0.25) is 0 Å². The fourth-order valence-electron chi connectivity index (χ4n) is 2.30. The van der Waals surface area contributed by atoms with Crippen molar-refractivity contribution in [3.05, 3.63) is 20.8 Å². The molecule has 0 amide bonds. The van der Waals surface area contributed by atoms with E-state index < -0.39 is 0 Å². The fourth-order valence-corrected chi connectivity index (χ4v) is 5.77. The summed E-state index contributed by atoms with van der Waals surface area (Å²) in [5.74, 6) is 0.888. The second-order valence-corrected chi connectivity index (χ2v) is 8.71. The smallest absolute Gasteiger partial charge is 0.306 e. The molecule has 0 aromatic carbocycles. The summed E-state index contributed by atoms with van der Waals surface area (Å²) in [6, 6.07) is 2.31. The minimum absolute atomic E-state index is 0.0942. The van der Waals surface area contributed by atoms with Crippen molar-refractivity contribution in [1.82, 2.24) is 0 Å². The molecule has 1 aliphatic rings. The zero-order valence-corrected chi connectivity index (χ0v) is 15.7. The summed E-state index contributed by atoms with van der Waals surface area (Å²) < 4.78 is 5.93. The van der Waals surface area contributed by atoms with E-state index in [1.165, 1.54) is 12.0 Å². The van der Waals surface area contributed by atoms with Crippen LogP contribution in [0.15, 0.2) is 15.9 Å². The summed E-state index contributed by atoms with van der Waals surface area (Å²) in [5.41, 5.74) is 6.47. The minimum Gasteiger partial charge on any atom is -0.469 e. The molecule has 0 spiro atoms. The molecule has 1 aromatic heterocycles. The summed E-state index contributed by atoms with van der Waals surface area (Å²) >= 11 is 7.17. The van der Waals surface area contributed by atoms with Crippen LogP contribution < -0.4 is 5.73 Å². The van der Waals surface area contributed by atoms with E-state index in [2.05, 4.69) is 34.3 Å². The summed E-state index contributed by atoms with van der Waals surface area (Å²) in [6.45, 7) is 2.13. The van der Waals surface area contributed by atoms with Crippen LogP contribution in [0.4, 0.5) is 0 Å². The van der Waals surface area contributed by atoms with Crippen molar-refractivity contribution in [2.75, 3.05) is 12.9 Å². The molecule has 0 aliphatic heterocycles. The quantitative estimate of drug-likeness (QED) is 0.668. The summed E-state index contributed by atoms with van der Waals surface area (Å²) in [6.07, 6.45) is 3.74.